The fourth-order valence-corrected chi connectivity index (χ4v) is 1.56. The summed E-state index contributed by atoms with van der Waals surface area (Å²) in [7, 11) is 0. The van der Waals surface area contributed by atoms with Crippen LogP contribution in [0.4, 0.5) is 0 Å². The molecule has 13 heavy (non-hydrogen) atoms. The van der Waals surface area contributed by atoms with Gasteiger partial charge in [-0.3, -0.25) is 4.79 Å². The molecular formula is C10H18O2S. The standard InChI is InChI=1S/C10H18O2S/c1-3-4-5-6-7-10(12)8-13-9(2)11/h3,10,12H,1,4-8H2,2H3. The van der Waals surface area contributed by atoms with Gasteiger partial charge in [-0.1, -0.05) is 24.3 Å². The number of aliphatic hydroxyl groups excluding tert-OH is 1. The Bertz CT molecular complexity index is 157. The number of thioether (sulfide) groups is 1. The van der Waals surface area contributed by atoms with Crippen LogP contribution >= 0.6 is 11.8 Å². The predicted molar refractivity (Wildman–Crippen MR) is 57.8 cm³/mol. The summed E-state index contributed by atoms with van der Waals surface area (Å²) in [5, 5.41) is 9.47. The number of unbranched alkanes of at least 4 members (excludes halogenated alkanes) is 2. The topological polar surface area (TPSA) is 37.3 Å². The molecule has 0 heterocycles. The molecule has 0 aromatic heterocycles. The van der Waals surface area contributed by atoms with Crippen LogP contribution in [0.2, 0.25) is 0 Å². The number of rotatable bonds is 7. The smallest absolute Gasteiger partial charge is 0.185 e. The lowest BCUT2D eigenvalue weighted by Crippen LogP contribution is -2.10. The number of aliphatic hydroxyl groups is 1. The molecule has 1 unspecified atom stereocenters. The van der Waals surface area contributed by atoms with E-state index in [4.69, 9.17) is 0 Å². The summed E-state index contributed by atoms with van der Waals surface area (Å²) >= 11 is 1.19. The van der Waals surface area contributed by atoms with Gasteiger partial charge in [0.05, 0.1) is 6.10 Å². The molecule has 0 bridgehead atoms. The Morgan fingerprint density at radius 2 is 2.31 bits per heavy atom. The van der Waals surface area contributed by atoms with Crippen molar-refractivity contribution in [3.8, 4) is 0 Å². The van der Waals surface area contributed by atoms with Gasteiger partial charge < -0.3 is 5.11 Å². The summed E-state index contributed by atoms with van der Waals surface area (Å²) in [4.78, 5) is 10.6. The average Bonchev–Trinajstić information content (AvgIpc) is 2.09. The minimum Gasteiger partial charge on any atom is -0.392 e. The SMILES string of the molecule is C=CCCCCC(O)CSC(C)=O. The van der Waals surface area contributed by atoms with Gasteiger partial charge in [-0.25, -0.2) is 0 Å². The molecule has 1 atom stereocenters. The van der Waals surface area contributed by atoms with E-state index < -0.39 is 0 Å². The van der Waals surface area contributed by atoms with Crippen LogP contribution < -0.4 is 0 Å². The van der Waals surface area contributed by atoms with Crippen LogP contribution in [-0.2, 0) is 4.79 Å². The van der Waals surface area contributed by atoms with E-state index in [1.165, 1.54) is 18.7 Å². The first kappa shape index (κ1) is 12.7. The van der Waals surface area contributed by atoms with E-state index in [1.807, 2.05) is 6.08 Å². The molecule has 0 fully saturated rings. The summed E-state index contributed by atoms with van der Waals surface area (Å²) in [5.41, 5.74) is 0. The van der Waals surface area contributed by atoms with Crippen LogP contribution in [0.3, 0.4) is 0 Å². The van der Waals surface area contributed by atoms with Crippen molar-refractivity contribution in [3.05, 3.63) is 12.7 Å². The Labute approximate surface area is 84.4 Å². The Kier molecular flexibility index (Phi) is 8.14. The molecule has 0 aromatic rings. The normalized spacial score (nSPS) is 12.5. The molecule has 0 spiro atoms. The van der Waals surface area contributed by atoms with E-state index in [0.29, 0.717) is 5.75 Å². The Morgan fingerprint density at radius 3 is 2.85 bits per heavy atom. The second-order valence-electron chi connectivity index (χ2n) is 3.03. The van der Waals surface area contributed by atoms with Gasteiger partial charge in [0.15, 0.2) is 5.12 Å². The average molecular weight is 202 g/mol. The predicted octanol–water partition coefficient (Wildman–Crippen LogP) is 2.37. The van der Waals surface area contributed by atoms with Gasteiger partial charge in [-0.2, -0.15) is 0 Å². The van der Waals surface area contributed by atoms with Gasteiger partial charge in [0.1, 0.15) is 0 Å². The Hall–Kier alpha value is -0.280. The summed E-state index contributed by atoms with van der Waals surface area (Å²) < 4.78 is 0. The number of hydrogen-bond acceptors (Lipinski definition) is 3. The Balaban J connectivity index is 3.24. The molecule has 0 aromatic carbocycles. The number of allylic oxidation sites excluding steroid dienone is 1. The molecule has 0 amide bonds. The van der Waals surface area contributed by atoms with Crippen LogP contribution in [-0.4, -0.2) is 22.1 Å². The summed E-state index contributed by atoms with van der Waals surface area (Å²) in [6.45, 7) is 5.15. The fraction of sp³-hybridized carbons (Fsp3) is 0.700. The molecule has 2 nitrogen and oxygen atoms in total. The highest BCUT2D eigenvalue weighted by molar-refractivity contribution is 8.13. The van der Waals surface area contributed by atoms with E-state index in [2.05, 4.69) is 6.58 Å². The van der Waals surface area contributed by atoms with Gasteiger partial charge in [0, 0.05) is 12.7 Å². The minimum absolute atomic E-state index is 0.0742. The highest BCUT2D eigenvalue weighted by Crippen LogP contribution is 2.10. The van der Waals surface area contributed by atoms with Crippen molar-refractivity contribution in [2.24, 2.45) is 0 Å². The lowest BCUT2D eigenvalue weighted by Gasteiger charge is -2.07. The first-order chi connectivity index (χ1) is 6.16. The molecule has 3 heteroatoms. The third-order valence-corrected chi connectivity index (χ3v) is 2.63. The summed E-state index contributed by atoms with van der Waals surface area (Å²) in [6.07, 6.45) is 5.42. The highest BCUT2D eigenvalue weighted by atomic mass is 32.2. The summed E-state index contributed by atoms with van der Waals surface area (Å²) in [6, 6.07) is 0. The van der Waals surface area contributed by atoms with Crippen molar-refractivity contribution in [2.45, 2.75) is 38.7 Å². The van der Waals surface area contributed by atoms with Crippen molar-refractivity contribution in [2.75, 3.05) is 5.75 Å². The van der Waals surface area contributed by atoms with Crippen molar-refractivity contribution in [1.29, 1.82) is 0 Å². The number of carbonyl (C=O) groups excluding carboxylic acids is 1. The third-order valence-electron chi connectivity index (χ3n) is 1.67. The second-order valence-corrected chi connectivity index (χ2v) is 4.23. The largest absolute Gasteiger partial charge is 0.392 e. The minimum atomic E-state index is -0.335. The van der Waals surface area contributed by atoms with Crippen LogP contribution in [0.25, 0.3) is 0 Å². The lowest BCUT2D eigenvalue weighted by molar-refractivity contribution is -0.109. The van der Waals surface area contributed by atoms with Crippen LogP contribution in [0.5, 0.6) is 0 Å². The number of carbonyl (C=O) groups is 1. The molecular weight excluding hydrogens is 184 g/mol. The first-order valence-electron chi connectivity index (χ1n) is 4.59. The van der Waals surface area contributed by atoms with Crippen LogP contribution in [0, 0.1) is 0 Å². The van der Waals surface area contributed by atoms with Crippen molar-refractivity contribution < 1.29 is 9.90 Å². The summed E-state index contributed by atoms with van der Waals surface area (Å²) in [5.74, 6) is 0.531. The monoisotopic (exact) mass is 202 g/mol. The van der Waals surface area contributed by atoms with Gasteiger partial charge in [0.2, 0.25) is 0 Å². The maximum absolute atomic E-state index is 10.6. The molecule has 76 valence electrons. The molecule has 0 radical (unpaired) electrons. The first-order valence-corrected chi connectivity index (χ1v) is 5.57. The van der Waals surface area contributed by atoms with Gasteiger partial charge in [-0.05, 0) is 19.3 Å². The van der Waals surface area contributed by atoms with Gasteiger partial charge in [-0.15, -0.1) is 6.58 Å². The zero-order valence-corrected chi connectivity index (χ0v) is 8.98. The third kappa shape index (κ3) is 9.64. The maximum atomic E-state index is 10.6. The van der Waals surface area contributed by atoms with E-state index >= 15 is 0 Å². The fourth-order valence-electron chi connectivity index (χ4n) is 0.966. The molecule has 0 saturated carbocycles. The highest BCUT2D eigenvalue weighted by Gasteiger charge is 2.05. The van der Waals surface area contributed by atoms with Gasteiger partial charge >= 0.3 is 0 Å². The van der Waals surface area contributed by atoms with E-state index in [9.17, 15) is 9.90 Å². The van der Waals surface area contributed by atoms with Crippen LogP contribution in [0.15, 0.2) is 12.7 Å². The zero-order valence-electron chi connectivity index (χ0n) is 8.16. The molecule has 0 aliphatic rings. The Morgan fingerprint density at radius 1 is 1.62 bits per heavy atom. The van der Waals surface area contributed by atoms with Crippen molar-refractivity contribution in [3.63, 3.8) is 0 Å². The molecule has 0 aliphatic heterocycles. The van der Waals surface area contributed by atoms with Gasteiger partial charge in [0.25, 0.3) is 0 Å². The zero-order chi connectivity index (χ0) is 10.1. The van der Waals surface area contributed by atoms with Crippen molar-refractivity contribution in [1.82, 2.24) is 0 Å². The molecule has 0 aliphatic carbocycles. The van der Waals surface area contributed by atoms with Crippen molar-refractivity contribution >= 4 is 16.9 Å². The van der Waals surface area contributed by atoms with E-state index in [1.54, 1.807) is 0 Å². The number of hydrogen-bond donors (Lipinski definition) is 1. The second kappa shape index (κ2) is 8.32. The molecule has 0 rings (SSSR count). The molecule has 1 N–H and O–H groups in total. The van der Waals surface area contributed by atoms with Crippen LogP contribution in [0.1, 0.15) is 32.6 Å². The maximum Gasteiger partial charge on any atom is 0.185 e. The van der Waals surface area contributed by atoms with E-state index in [-0.39, 0.29) is 11.2 Å². The quantitative estimate of drug-likeness (QED) is 0.508. The van der Waals surface area contributed by atoms with E-state index in [0.717, 1.165) is 25.7 Å². The lowest BCUT2D eigenvalue weighted by atomic mass is 10.1. The molecule has 0 saturated heterocycles.